The molecule has 3 aromatic rings. The van der Waals surface area contributed by atoms with Gasteiger partial charge in [-0.2, -0.15) is 0 Å². The van der Waals surface area contributed by atoms with E-state index in [0.29, 0.717) is 18.7 Å². The minimum atomic E-state index is -0.386. The summed E-state index contributed by atoms with van der Waals surface area (Å²) >= 11 is 1.59. The van der Waals surface area contributed by atoms with E-state index in [1.54, 1.807) is 31.2 Å². The Balaban J connectivity index is 1.67. The van der Waals surface area contributed by atoms with E-state index in [2.05, 4.69) is 16.4 Å². The Kier molecular flexibility index (Phi) is 7.73. The number of hydrogen-bond donors (Lipinski definition) is 0. The van der Waals surface area contributed by atoms with Gasteiger partial charge in [0.2, 0.25) is 0 Å². The van der Waals surface area contributed by atoms with Gasteiger partial charge in [-0.3, -0.25) is 14.9 Å². The molecule has 1 atom stereocenters. The minimum Gasteiger partial charge on any atom is -0.497 e. The molecule has 0 saturated carbocycles. The van der Waals surface area contributed by atoms with Gasteiger partial charge in [-0.25, -0.2) is 4.31 Å². The summed E-state index contributed by atoms with van der Waals surface area (Å²) < 4.78 is 7.75. The highest BCUT2D eigenvalue weighted by Crippen LogP contribution is 2.42. The predicted octanol–water partition coefficient (Wildman–Crippen LogP) is 5.74. The van der Waals surface area contributed by atoms with E-state index in [1.807, 2.05) is 49.1 Å². The molecule has 1 aliphatic heterocycles. The molecule has 1 amide bonds. The second-order valence-electron chi connectivity index (χ2n) is 8.30. The largest absolute Gasteiger partial charge is 0.497 e. The molecule has 1 aliphatic rings. The van der Waals surface area contributed by atoms with Crippen LogP contribution >= 0.6 is 11.9 Å². The Morgan fingerprint density at radius 1 is 1.09 bits per heavy atom. The lowest BCUT2D eigenvalue weighted by molar-refractivity contribution is -0.384. The van der Waals surface area contributed by atoms with Crippen LogP contribution in [0.1, 0.15) is 46.9 Å². The van der Waals surface area contributed by atoms with Crippen LogP contribution in [0.15, 0.2) is 71.6 Å². The molecule has 182 valence electrons. The van der Waals surface area contributed by atoms with E-state index in [0.717, 1.165) is 29.2 Å². The van der Waals surface area contributed by atoms with Crippen LogP contribution in [0.5, 0.6) is 5.75 Å². The van der Waals surface area contributed by atoms with E-state index in [9.17, 15) is 14.9 Å². The first-order valence-corrected chi connectivity index (χ1v) is 12.5. The number of nitrogens with zero attached hydrogens (tertiary/aromatic N) is 3. The average Bonchev–Trinajstić information content (AvgIpc) is 2.89. The standard InChI is InChI=1S/C27H29N3O4S/c1-4-28(5-2)27(31)20-8-6-19(7-9-20)26-25-15-12-23(34-3)18-21(25)16-17-29(26)35-24-13-10-22(11-14-24)30(32)33/h6-15,18,26H,4-5,16-17H2,1-3H3. The summed E-state index contributed by atoms with van der Waals surface area (Å²) in [7, 11) is 1.67. The molecule has 0 aromatic heterocycles. The van der Waals surface area contributed by atoms with Gasteiger partial charge >= 0.3 is 0 Å². The van der Waals surface area contributed by atoms with Crippen molar-refractivity contribution in [1.82, 2.24) is 9.21 Å². The Hall–Kier alpha value is -3.36. The van der Waals surface area contributed by atoms with Crippen LogP contribution in [-0.2, 0) is 6.42 Å². The molecule has 0 radical (unpaired) electrons. The topological polar surface area (TPSA) is 75.9 Å². The molecule has 1 heterocycles. The number of benzene rings is 3. The van der Waals surface area contributed by atoms with Crippen molar-refractivity contribution in [3.05, 3.63) is 99.1 Å². The van der Waals surface area contributed by atoms with Crippen molar-refractivity contribution in [1.29, 1.82) is 0 Å². The first-order valence-electron chi connectivity index (χ1n) is 11.7. The van der Waals surface area contributed by atoms with Gasteiger partial charge in [-0.05, 0) is 85.3 Å². The SMILES string of the molecule is CCN(CC)C(=O)c1ccc(C2c3ccc(OC)cc3CCN2Sc2ccc([N+](=O)[O-])cc2)cc1. The Bertz CT molecular complexity index is 1190. The highest BCUT2D eigenvalue weighted by atomic mass is 32.2. The molecule has 0 fully saturated rings. The quantitative estimate of drug-likeness (QED) is 0.227. The van der Waals surface area contributed by atoms with Gasteiger partial charge in [-0.15, -0.1) is 0 Å². The van der Waals surface area contributed by atoms with Gasteiger partial charge in [-0.1, -0.05) is 18.2 Å². The molecule has 7 nitrogen and oxygen atoms in total. The molecule has 0 aliphatic carbocycles. The lowest BCUT2D eigenvalue weighted by atomic mass is 9.89. The normalized spacial score (nSPS) is 15.3. The zero-order valence-corrected chi connectivity index (χ0v) is 21.0. The smallest absolute Gasteiger partial charge is 0.269 e. The van der Waals surface area contributed by atoms with E-state index < -0.39 is 0 Å². The molecule has 4 rings (SSSR count). The fourth-order valence-corrected chi connectivity index (χ4v) is 5.47. The number of ether oxygens (including phenoxy) is 1. The van der Waals surface area contributed by atoms with Crippen LogP contribution in [-0.4, -0.2) is 46.8 Å². The molecule has 0 N–H and O–H groups in total. The molecule has 8 heteroatoms. The van der Waals surface area contributed by atoms with Gasteiger partial charge in [0.05, 0.1) is 18.1 Å². The third-order valence-electron chi connectivity index (χ3n) is 6.33. The molecule has 35 heavy (non-hydrogen) atoms. The number of methoxy groups -OCH3 is 1. The highest BCUT2D eigenvalue weighted by molar-refractivity contribution is 7.97. The van der Waals surface area contributed by atoms with Crippen molar-refractivity contribution in [3.8, 4) is 5.75 Å². The van der Waals surface area contributed by atoms with Gasteiger partial charge in [0.25, 0.3) is 11.6 Å². The summed E-state index contributed by atoms with van der Waals surface area (Å²) in [5.41, 5.74) is 4.27. The molecule has 0 spiro atoms. The number of non-ortho nitro benzene ring substituents is 1. The first kappa shape index (κ1) is 24.8. The Morgan fingerprint density at radius 3 is 2.37 bits per heavy atom. The average molecular weight is 492 g/mol. The Morgan fingerprint density at radius 2 is 1.77 bits per heavy atom. The molecule has 0 bridgehead atoms. The zero-order chi connectivity index (χ0) is 24.9. The number of fused-ring (bicyclic) bond motifs is 1. The third-order valence-corrected chi connectivity index (χ3v) is 7.44. The lowest BCUT2D eigenvalue weighted by Gasteiger charge is -2.37. The van der Waals surface area contributed by atoms with Gasteiger partial charge in [0, 0.05) is 42.2 Å². The summed E-state index contributed by atoms with van der Waals surface area (Å²) in [5, 5.41) is 11.0. The summed E-state index contributed by atoms with van der Waals surface area (Å²) in [4.78, 5) is 26.2. The lowest BCUT2D eigenvalue weighted by Crippen LogP contribution is -2.32. The van der Waals surface area contributed by atoms with Crippen LogP contribution < -0.4 is 4.74 Å². The predicted molar refractivity (Wildman–Crippen MR) is 138 cm³/mol. The molecule has 0 saturated heterocycles. The van der Waals surface area contributed by atoms with E-state index in [4.69, 9.17) is 4.74 Å². The fraction of sp³-hybridized carbons (Fsp3) is 0.296. The molecule has 1 unspecified atom stereocenters. The van der Waals surface area contributed by atoms with Crippen molar-refractivity contribution < 1.29 is 14.5 Å². The molecular weight excluding hydrogens is 462 g/mol. The number of carbonyl (C=O) groups excluding carboxylic acids is 1. The Labute approximate surface area is 210 Å². The maximum atomic E-state index is 12.8. The maximum Gasteiger partial charge on any atom is 0.269 e. The zero-order valence-electron chi connectivity index (χ0n) is 20.1. The summed E-state index contributed by atoms with van der Waals surface area (Å²) in [5.74, 6) is 0.867. The summed E-state index contributed by atoms with van der Waals surface area (Å²) in [6, 6.07) is 20.7. The number of rotatable bonds is 8. The summed E-state index contributed by atoms with van der Waals surface area (Å²) in [6.07, 6.45) is 0.863. The number of amides is 1. The summed E-state index contributed by atoms with van der Waals surface area (Å²) in [6.45, 7) is 6.11. The van der Waals surface area contributed by atoms with Crippen LogP contribution in [0.4, 0.5) is 5.69 Å². The van der Waals surface area contributed by atoms with Crippen molar-refractivity contribution in [3.63, 3.8) is 0 Å². The van der Waals surface area contributed by atoms with E-state index in [1.165, 1.54) is 23.3 Å². The van der Waals surface area contributed by atoms with Gasteiger partial charge < -0.3 is 9.64 Å². The number of nitro benzene ring substituents is 1. The van der Waals surface area contributed by atoms with Crippen LogP contribution in [0.25, 0.3) is 0 Å². The first-order chi connectivity index (χ1) is 16.9. The monoisotopic (exact) mass is 491 g/mol. The fourth-order valence-electron chi connectivity index (χ4n) is 4.42. The van der Waals surface area contributed by atoms with Crippen LogP contribution in [0, 0.1) is 10.1 Å². The van der Waals surface area contributed by atoms with E-state index >= 15 is 0 Å². The minimum absolute atomic E-state index is 0.0347. The highest BCUT2D eigenvalue weighted by Gasteiger charge is 2.30. The van der Waals surface area contributed by atoms with Crippen molar-refractivity contribution in [2.24, 2.45) is 0 Å². The third kappa shape index (κ3) is 5.33. The number of hydrogen-bond acceptors (Lipinski definition) is 6. The number of nitro groups is 1. The van der Waals surface area contributed by atoms with Gasteiger partial charge in [0.15, 0.2) is 0 Å². The second-order valence-corrected chi connectivity index (χ2v) is 9.42. The van der Waals surface area contributed by atoms with Crippen molar-refractivity contribution >= 4 is 23.5 Å². The van der Waals surface area contributed by atoms with E-state index in [-0.39, 0.29) is 22.6 Å². The maximum absolute atomic E-state index is 12.8. The van der Waals surface area contributed by atoms with Crippen LogP contribution in [0.3, 0.4) is 0 Å². The van der Waals surface area contributed by atoms with Crippen molar-refractivity contribution in [2.75, 3.05) is 26.7 Å². The van der Waals surface area contributed by atoms with Crippen LogP contribution in [0.2, 0.25) is 0 Å². The number of carbonyl (C=O) groups is 1. The van der Waals surface area contributed by atoms with Gasteiger partial charge in [0.1, 0.15) is 5.75 Å². The second kappa shape index (κ2) is 10.9. The molecule has 3 aromatic carbocycles. The molecular formula is C27H29N3O4S. The van der Waals surface area contributed by atoms with Crippen molar-refractivity contribution in [2.45, 2.75) is 31.2 Å².